The third kappa shape index (κ3) is 4.09. The highest BCUT2D eigenvalue weighted by Gasteiger charge is 2.19. The predicted octanol–water partition coefficient (Wildman–Crippen LogP) is 2.59. The maximum absolute atomic E-state index is 12.9. The summed E-state index contributed by atoms with van der Waals surface area (Å²) in [5.41, 5.74) is 4.17. The number of nitrogens with one attached hydrogen (secondary N) is 1. The fourth-order valence-corrected chi connectivity index (χ4v) is 3.80. The van der Waals surface area contributed by atoms with Crippen LogP contribution in [0.5, 0.6) is 5.75 Å². The van der Waals surface area contributed by atoms with Crippen molar-refractivity contribution in [2.75, 3.05) is 5.43 Å². The zero-order valence-electron chi connectivity index (χ0n) is 17.5. The standard InChI is InChI=1S/C22H21BrN6O3/c1-27-19-18(20(31)28(2)22(27)32)29(11-10-14-6-4-3-5-7-14)21(25-19)26-24-13-15-12-16(23)8-9-17(15)30/h3-9,12-13,30H,10-11H2,1-2H3,(H,25,26)/b24-13+. The summed E-state index contributed by atoms with van der Waals surface area (Å²) in [6.07, 6.45) is 2.11. The number of hydrogen-bond donors (Lipinski definition) is 2. The van der Waals surface area contributed by atoms with Crippen molar-refractivity contribution < 1.29 is 5.11 Å². The molecule has 0 aliphatic heterocycles. The van der Waals surface area contributed by atoms with E-state index in [1.807, 2.05) is 30.3 Å². The van der Waals surface area contributed by atoms with Crippen molar-refractivity contribution in [2.24, 2.45) is 19.2 Å². The number of halogens is 1. The van der Waals surface area contributed by atoms with E-state index in [2.05, 4.69) is 31.4 Å². The number of hydrazone groups is 1. The minimum absolute atomic E-state index is 0.0765. The molecule has 10 heteroatoms. The van der Waals surface area contributed by atoms with Crippen molar-refractivity contribution >= 4 is 39.3 Å². The molecule has 2 aromatic heterocycles. The van der Waals surface area contributed by atoms with Crippen molar-refractivity contribution in [3.05, 3.63) is 85.0 Å². The second-order valence-electron chi connectivity index (χ2n) is 7.27. The zero-order valence-corrected chi connectivity index (χ0v) is 19.1. The molecule has 164 valence electrons. The lowest BCUT2D eigenvalue weighted by Gasteiger charge is -2.09. The summed E-state index contributed by atoms with van der Waals surface area (Å²) in [6.45, 7) is 0.452. The van der Waals surface area contributed by atoms with E-state index in [1.54, 1.807) is 29.8 Å². The molecule has 0 aliphatic rings. The summed E-state index contributed by atoms with van der Waals surface area (Å²) in [5, 5.41) is 14.2. The number of rotatable bonds is 6. The molecule has 4 rings (SSSR count). The van der Waals surface area contributed by atoms with Crippen LogP contribution in [0.3, 0.4) is 0 Å². The average Bonchev–Trinajstić information content (AvgIpc) is 3.16. The Morgan fingerprint density at radius 3 is 2.62 bits per heavy atom. The third-order valence-corrected chi connectivity index (χ3v) is 5.67. The predicted molar refractivity (Wildman–Crippen MR) is 127 cm³/mol. The number of phenols is 1. The molecule has 0 fully saturated rings. The van der Waals surface area contributed by atoms with E-state index in [4.69, 9.17) is 0 Å². The van der Waals surface area contributed by atoms with Crippen LogP contribution in [0.15, 0.2) is 67.7 Å². The van der Waals surface area contributed by atoms with Gasteiger partial charge < -0.3 is 9.67 Å². The van der Waals surface area contributed by atoms with Gasteiger partial charge in [0.15, 0.2) is 11.2 Å². The lowest BCUT2D eigenvalue weighted by Crippen LogP contribution is -2.37. The van der Waals surface area contributed by atoms with Crippen molar-refractivity contribution in [3.63, 3.8) is 0 Å². The summed E-state index contributed by atoms with van der Waals surface area (Å²) in [7, 11) is 3.02. The summed E-state index contributed by atoms with van der Waals surface area (Å²) in [4.78, 5) is 29.7. The molecule has 4 aromatic rings. The zero-order chi connectivity index (χ0) is 22.8. The van der Waals surface area contributed by atoms with Gasteiger partial charge in [-0.25, -0.2) is 10.2 Å². The van der Waals surface area contributed by atoms with E-state index in [1.165, 1.54) is 17.8 Å². The molecule has 0 atom stereocenters. The molecule has 0 spiro atoms. The number of imidazole rings is 1. The first-order chi connectivity index (χ1) is 15.4. The number of anilines is 1. The van der Waals surface area contributed by atoms with Gasteiger partial charge in [-0.1, -0.05) is 46.3 Å². The minimum atomic E-state index is -0.454. The van der Waals surface area contributed by atoms with Gasteiger partial charge in [0.25, 0.3) is 5.56 Å². The van der Waals surface area contributed by atoms with Crippen LogP contribution in [-0.4, -0.2) is 30.0 Å². The number of fused-ring (bicyclic) bond motifs is 1. The van der Waals surface area contributed by atoms with Crippen molar-refractivity contribution in [2.45, 2.75) is 13.0 Å². The van der Waals surface area contributed by atoms with Crippen molar-refractivity contribution in [3.8, 4) is 5.75 Å². The van der Waals surface area contributed by atoms with Gasteiger partial charge in [0.05, 0.1) is 6.21 Å². The lowest BCUT2D eigenvalue weighted by atomic mass is 10.1. The van der Waals surface area contributed by atoms with Crippen LogP contribution >= 0.6 is 15.9 Å². The second kappa shape index (κ2) is 8.83. The van der Waals surface area contributed by atoms with Crippen LogP contribution in [0.2, 0.25) is 0 Å². The SMILES string of the molecule is Cn1c(=O)c2c(nc(N/N=C/c3cc(Br)ccc3O)n2CCc2ccccc2)n(C)c1=O. The molecule has 9 nitrogen and oxygen atoms in total. The van der Waals surface area contributed by atoms with Crippen LogP contribution in [0.25, 0.3) is 11.2 Å². The van der Waals surface area contributed by atoms with Crippen molar-refractivity contribution in [1.29, 1.82) is 0 Å². The lowest BCUT2D eigenvalue weighted by molar-refractivity contribution is 0.474. The molecule has 0 saturated carbocycles. The Labute approximate surface area is 191 Å². The van der Waals surface area contributed by atoms with E-state index in [-0.39, 0.29) is 11.4 Å². The van der Waals surface area contributed by atoms with E-state index < -0.39 is 11.2 Å². The Kier molecular flexibility index (Phi) is 5.95. The largest absolute Gasteiger partial charge is 0.507 e. The van der Waals surface area contributed by atoms with Crippen LogP contribution in [-0.2, 0) is 27.1 Å². The highest BCUT2D eigenvalue weighted by molar-refractivity contribution is 9.10. The monoisotopic (exact) mass is 496 g/mol. The van der Waals surface area contributed by atoms with Crippen LogP contribution in [0.1, 0.15) is 11.1 Å². The molecule has 2 heterocycles. The minimum Gasteiger partial charge on any atom is -0.507 e. The summed E-state index contributed by atoms with van der Waals surface area (Å²) >= 11 is 3.36. The first kappa shape index (κ1) is 21.6. The van der Waals surface area contributed by atoms with Gasteiger partial charge in [-0.15, -0.1) is 0 Å². The number of aryl methyl sites for hydroxylation is 3. The molecule has 0 bridgehead atoms. The number of aromatic nitrogens is 4. The average molecular weight is 497 g/mol. The highest BCUT2D eigenvalue weighted by atomic mass is 79.9. The molecule has 0 saturated heterocycles. The second-order valence-corrected chi connectivity index (χ2v) is 8.19. The molecule has 0 aliphatic carbocycles. The Morgan fingerprint density at radius 1 is 1.12 bits per heavy atom. The number of benzene rings is 2. The van der Waals surface area contributed by atoms with Gasteiger partial charge in [0.1, 0.15) is 5.75 Å². The number of phenolic OH excluding ortho intramolecular Hbond substituents is 1. The van der Waals surface area contributed by atoms with Crippen LogP contribution in [0.4, 0.5) is 5.95 Å². The van der Waals surface area contributed by atoms with Gasteiger partial charge in [-0.3, -0.25) is 13.9 Å². The van der Waals surface area contributed by atoms with E-state index in [9.17, 15) is 14.7 Å². The number of hydrogen-bond acceptors (Lipinski definition) is 6. The maximum Gasteiger partial charge on any atom is 0.332 e. The topological polar surface area (TPSA) is 106 Å². The molecule has 32 heavy (non-hydrogen) atoms. The van der Waals surface area contributed by atoms with E-state index in [0.29, 0.717) is 30.0 Å². The first-order valence-corrected chi connectivity index (χ1v) is 10.6. The molecule has 2 aromatic carbocycles. The Hall–Kier alpha value is -3.66. The smallest absolute Gasteiger partial charge is 0.332 e. The quantitative estimate of drug-likeness (QED) is 0.315. The van der Waals surface area contributed by atoms with Gasteiger partial charge in [-0.2, -0.15) is 10.1 Å². The van der Waals surface area contributed by atoms with E-state index in [0.717, 1.165) is 14.6 Å². The molecule has 0 unspecified atom stereocenters. The summed E-state index contributed by atoms with van der Waals surface area (Å²) < 4.78 is 4.92. The van der Waals surface area contributed by atoms with Crippen LogP contribution in [0, 0.1) is 0 Å². The Balaban J connectivity index is 1.76. The number of nitrogens with zero attached hydrogens (tertiary/aromatic N) is 5. The fraction of sp³-hybridized carbons (Fsp3) is 0.182. The summed E-state index contributed by atoms with van der Waals surface area (Å²) in [5.74, 6) is 0.396. The molecular weight excluding hydrogens is 476 g/mol. The molecule has 0 radical (unpaired) electrons. The highest BCUT2D eigenvalue weighted by Crippen LogP contribution is 2.21. The normalized spacial score (nSPS) is 11.5. The van der Waals surface area contributed by atoms with Gasteiger partial charge in [-0.05, 0) is 30.2 Å². The molecule has 0 amide bonds. The van der Waals surface area contributed by atoms with Gasteiger partial charge in [0.2, 0.25) is 5.95 Å². The number of aromatic hydroxyl groups is 1. The fourth-order valence-electron chi connectivity index (χ4n) is 3.42. The summed E-state index contributed by atoms with van der Waals surface area (Å²) in [6, 6.07) is 14.9. The Bertz CT molecular complexity index is 1440. The third-order valence-electron chi connectivity index (χ3n) is 5.17. The first-order valence-electron chi connectivity index (χ1n) is 9.84. The molecule has 2 N–H and O–H groups in total. The molecular formula is C22H21BrN6O3. The van der Waals surface area contributed by atoms with Gasteiger partial charge in [0, 0.05) is 30.7 Å². The van der Waals surface area contributed by atoms with Gasteiger partial charge >= 0.3 is 5.69 Å². The Morgan fingerprint density at radius 2 is 1.88 bits per heavy atom. The van der Waals surface area contributed by atoms with Crippen molar-refractivity contribution in [1.82, 2.24) is 18.7 Å². The van der Waals surface area contributed by atoms with Crippen LogP contribution < -0.4 is 16.7 Å². The maximum atomic E-state index is 12.9. The van der Waals surface area contributed by atoms with E-state index >= 15 is 0 Å².